The lowest BCUT2D eigenvalue weighted by Crippen LogP contribution is -2.14. The molecule has 1 rings (SSSR count). The average Bonchev–Trinajstić information content (AvgIpc) is 2.38. The van der Waals surface area contributed by atoms with Crippen molar-refractivity contribution < 1.29 is 9.90 Å². The summed E-state index contributed by atoms with van der Waals surface area (Å²) >= 11 is 9.95. The van der Waals surface area contributed by atoms with Crippen LogP contribution in [0, 0.1) is 0 Å². The van der Waals surface area contributed by atoms with Crippen molar-refractivity contribution in [1.82, 2.24) is 0 Å². The van der Waals surface area contributed by atoms with E-state index in [1.165, 1.54) is 0 Å². The van der Waals surface area contributed by atoms with Crippen LogP contribution in [0.3, 0.4) is 0 Å². The number of amidine groups is 1. The van der Waals surface area contributed by atoms with Gasteiger partial charge in [0.2, 0.25) is 2.14 Å². The van der Waals surface area contributed by atoms with E-state index < -0.39 is 8.11 Å². The fraction of sp³-hybridized carbons (Fsp3) is 0.600. The summed E-state index contributed by atoms with van der Waals surface area (Å²) in [4.78, 5) is 13.8. The smallest absolute Gasteiger partial charge is 0.342 e. The van der Waals surface area contributed by atoms with Crippen molar-refractivity contribution in [3.05, 3.63) is 0 Å². The third kappa shape index (κ3) is 7.77. The second kappa shape index (κ2) is 6.26. The third-order valence-corrected chi connectivity index (χ3v) is 2.68. The molecular weight excluding hydrogens is 392 g/mol. The highest BCUT2D eigenvalue weighted by molar-refractivity contribution is 9.40. The van der Waals surface area contributed by atoms with Crippen molar-refractivity contribution in [2.24, 2.45) is 10.7 Å². The van der Waals surface area contributed by atoms with E-state index in [-0.39, 0.29) is 0 Å². The number of carboxylic acid groups (broad SMARTS) is 1. The number of nitrogens with two attached hydrogens (primary N) is 1. The summed E-state index contributed by atoms with van der Waals surface area (Å²) in [6.07, 6.45) is 0. The molecular formula is C5H7Br3N2O2S. The maximum absolute atomic E-state index is 9.88. The SMILES string of the molecule is NC1=NCCS1.O=C(O)C(Br)(Br)Br. The molecule has 76 valence electrons. The molecule has 1 aliphatic heterocycles. The molecule has 0 aromatic carbocycles. The molecule has 3 N–H and O–H groups in total. The zero-order valence-corrected chi connectivity index (χ0v) is 11.9. The number of carboxylic acids is 1. The van der Waals surface area contributed by atoms with Gasteiger partial charge in [-0.05, 0) is 47.8 Å². The number of aliphatic imine (C=N–C) groups is 1. The molecule has 0 saturated carbocycles. The Morgan fingerprint density at radius 2 is 2.08 bits per heavy atom. The molecule has 0 spiro atoms. The molecule has 0 aliphatic carbocycles. The Bertz CT molecular complexity index is 216. The fourth-order valence-corrected chi connectivity index (χ4v) is 0.926. The topological polar surface area (TPSA) is 75.7 Å². The number of hydrogen-bond donors (Lipinski definition) is 2. The highest BCUT2D eigenvalue weighted by Gasteiger charge is 2.27. The molecule has 0 atom stereocenters. The largest absolute Gasteiger partial charge is 0.479 e. The van der Waals surface area contributed by atoms with Crippen molar-refractivity contribution in [3.63, 3.8) is 0 Å². The molecule has 0 radical (unpaired) electrons. The lowest BCUT2D eigenvalue weighted by atomic mass is 10.8. The summed E-state index contributed by atoms with van der Waals surface area (Å²) in [6.45, 7) is 0.913. The molecule has 0 amide bonds. The summed E-state index contributed by atoms with van der Waals surface area (Å²) in [5, 5.41) is 8.85. The van der Waals surface area contributed by atoms with Crippen LogP contribution in [0.4, 0.5) is 0 Å². The van der Waals surface area contributed by atoms with Gasteiger partial charge in [0.15, 0.2) is 5.17 Å². The number of thioether (sulfide) groups is 1. The molecule has 4 nitrogen and oxygen atoms in total. The number of alkyl halides is 3. The second-order valence-electron chi connectivity index (χ2n) is 1.87. The summed E-state index contributed by atoms with van der Waals surface area (Å²) in [6, 6.07) is 0. The minimum Gasteiger partial charge on any atom is -0.479 e. The molecule has 1 aliphatic rings. The van der Waals surface area contributed by atoms with Crippen molar-refractivity contribution in [2.45, 2.75) is 2.14 Å². The van der Waals surface area contributed by atoms with Crippen LogP contribution in [0.1, 0.15) is 0 Å². The van der Waals surface area contributed by atoms with E-state index in [1.807, 2.05) is 0 Å². The van der Waals surface area contributed by atoms with Gasteiger partial charge in [-0.2, -0.15) is 0 Å². The van der Waals surface area contributed by atoms with E-state index in [1.54, 1.807) is 11.8 Å². The zero-order chi connectivity index (χ0) is 10.5. The zero-order valence-electron chi connectivity index (χ0n) is 6.34. The average molecular weight is 399 g/mol. The van der Waals surface area contributed by atoms with E-state index in [4.69, 9.17) is 10.8 Å². The number of carbonyl (C=O) groups is 1. The summed E-state index contributed by atoms with van der Waals surface area (Å²) < 4.78 is -1.15. The molecule has 0 saturated heterocycles. The Kier molecular flexibility index (Phi) is 6.61. The first-order chi connectivity index (χ1) is 5.84. The van der Waals surface area contributed by atoms with Crippen LogP contribution in [0.25, 0.3) is 0 Å². The third-order valence-electron chi connectivity index (χ3n) is 0.851. The lowest BCUT2D eigenvalue weighted by molar-refractivity contribution is -0.134. The van der Waals surface area contributed by atoms with Crippen LogP contribution in [-0.2, 0) is 4.79 Å². The Balaban J connectivity index is 0.000000223. The lowest BCUT2D eigenvalue weighted by Gasteiger charge is -2.01. The van der Waals surface area contributed by atoms with E-state index in [0.717, 1.165) is 17.5 Å². The van der Waals surface area contributed by atoms with Gasteiger partial charge in [-0.3, -0.25) is 4.99 Å². The molecule has 1 heterocycles. The molecule has 0 aromatic heterocycles. The van der Waals surface area contributed by atoms with Gasteiger partial charge in [0.1, 0.15) is 0 Å². The molecule has 0 bridgehead atoms. The van der Waals surface area contributed by atoms with E-state index >= 15 is 0 Å². The van der Waals surface area contributed by atoms with Gasteiger partial charge in [-0.1, -0.05) is 11.8 Å². The van der Waals surface area contributed by atoms with Gasteiger partial charge in [0.25, 0.3) is 0 Å². The number of rotatable bonds is 0. The van der Waals surface area contributed by atoms with Gasteiger partial charge < -0.3 is 10.8 Å². The number of aliphatic carboxylic acids is 1. The predicted octanol–water partition coefficient (Wildman–Crippen LogP) is 1.96. The van der Waals surface area contributed by atoms with Gasteiger partial charge >= 0.3 is 5.97 Å². The molecule has 0 aromatic rings. The first-order valence-corrected chi connectivity index (χ1v) is 6.43. The van der Waals surface area contributed by atoms with Crippen LogP contribution < -0.4 is 5.73 Å². The Morgan fingerprint density at radius 1 is 1.62 bits per heavy atom. The molecule has 8 heteroatoms. The van der Waals surface area contributed by atoms with Crippen LogP contribution in [-0.4, -0.2) is 30.7 Å². The van der Waals surface area contributed by atoms with Crippen molar-refractivity contribution in [1.29, 1.82) is 0 Å². The predicted molar refractivity (Wildman–Crippen MR) is 66.1 cm³/mol. The van der Waals surface area contributed by atoms with E-state index in [2.05, 4.69) is 52.8 Å². The highest BCUT2D eigenvalue weighted by Crippen LogP contribution is 2.33. The summed E-state index contributed by atoms with van der Waals surface area (Å²) in [7, 11) is 0. The molecule has 0 unspecified atom stereocenters. The first-order valence-electron chi connectivity index (χ1n) is 3.07. The van der Waals surface area contributed by atoms with Crippen molar-refractivity contribution >= 4 is 70.7 Å². The summed E-state index contributed by atoms with van der Waals surface area (Å²) in [5.41, 5.74) is 5.25. The standard InChI is InChI=1S/C3H6N2S.C2HBr3O2/c4-3-5-1-2-6-3;3-2(4,5)1(6)7/h1-2H2,(H2,4,5);(H,6,7). The van der Waals surface area contributed by atoms with Crippen LogP contribution in [0.5, 0.6) is 0 Å². The maximum atomic E-state index is 9.88. The van der Waals surface area contributed by atoms with Crippen molar-refractivity contribution in [2.75, 3.05) is 12.3 Å². The monoisotopic (exact) mass is 396 g/mol. The Morgan fingerprint density at radius 3 is 2.15 bits per heavy atom. The number of nitrogens with zero attached hydrogens (tertiary/aromatic N) is 1. The van der Waals surface area contributed by atoms with E-state index in [0.29, 0.717) is 0 Å². The van der Waals surface area contributed by atoms with Crippen molar-refractivity contribution in [3.8, 4) is 0 Å². The Hall–Kier alpha value is 0.730. The molecule has 0 fully saturated rings. The number of hydrogen-bond acceptors (Lipinski definition) is 4. The highest BCUT2D eigenvalue weighted by atomic mass is 80.0. The summed E-state index contributed by atoms with van der Waals surface area (Å²) in [5.74, 6) is 0.0683. The quantitative estimate of drug-likeness (QED) is 0.611. The maximum Gasteiger partial charge on any atom is 0.342 e. The fourth-order valence-electron chi connectivity index (χ4n) is 0.352. The first kappa shape index (κ1) is 13.7. The van der Waals surface area contributed by atoms with Gasteiger partial charge in [0.05, 0.1) is 6.54 Å². The number of halogens is 3. The van der Waals surface area contributed by atoms with Crippen LogP contribution in [0.2, 0.25) is 0 Å². The van der Waals surface area contributed by atoms with E-state index in [9.17, 15) is 4.79 Å². The minimum absolute atomic E-state index is 0.745. The minimum atomic E-state index is -1.15. The van der Waals surface area contributed by atoms with Crippen LogP contribution in [0.15, 0.2) is 4.99 Å². The molecule has 13 heavy (non-hydrogen) atoms. The van der Waals surface area contributed by atoms with Gasteiger partial charge in [-0.15, -0.1) is 0 Å². The Labute approximate surface area is 105 Å². The van der Waals surface area contributed by atoms with Crippen LogP contribution >= 0.6 is 59.6 Å². The van der Waals surface area contributed by atoms with Gasteiger partial charge in [0, 0.05) is 5.75 Å². The second-order valence-corrected chi connectivity index (χ2v) is 9.75. The normalized spacial score (nSPS) is 15.8. The van der Waals surface area contributed by atoms with Gasteiger partial charge in [-0.25, -0.2) is 4.79 Å².